The molecule has 1 aromatic heterocycles. The Balaban J connectivity index is 1.28. The molecular formula is C22H16BrFN4O4. The molecule has 0 radical (unpaired) electrons. The lowest BCUT2D eigenvalue weighted by Crippen LogP contribution is -2.19. The van der Waals surface area contributed by atoms with E-state index in [1.165, 1.54) is 6.07 Å². The van der Waals surface area contributed by atoms with Gasteiger partial charge in [-0.05, 0) is 42.5 Å². The van der Waals surface area contributed by atoms with Crippen molar-refractivity contribution < 1.29 is 23.4 Å². The van der Waals surface area contributed by atoms with Gasteiger partial charge in [0.25, 0.3) is 0 Å². The lowest BCUT2D eigenvalue weighted by atomic mass is 10.2. The first kappa shape index (κ1) is 20.1. The van der Waals surface area contributed by atoms with Gasteiger partial charge in [0.2, 0.25) is 6.79 Å². The second-order valence-electron chi connectivity index (χ2n) is 6.95. The van der Waals surface area contributed by atoms with Gasteiger partial charge in [0.05, 0.1) is 5.52 Å². The number of benzene rings is 3. The topological polar surface area (TPSA) is 97.5 Å². The predicted molar refractivity (Wildman–Crippen MR) is 120 cm³/mol. The van der Waals surface area contributed by atoms with Crippen LogP contribution in [0.2, 0.25) is 0 Å². The Kier molecular flexibility index (Phi) is 5.28. The standard InChI is InChI=1S/C22H16BrFN4O4/c23-13-2-1-12(17(24)7-13)10-30-15-4-5-18-16(9-15)21(28-27-18)26-22(29)25-14-3-6-19-20(8-14)32-11-31-19/h1-9H,10-11H2,(H3,25,26,27,28,29). The fraction of sp³-hybridized carbons (Fsp3) is 0.0909. The van der Waals surface area contributed by atoms with Gasteiger partial charge < -0.3 is 19.5 Å². The van der Waals surface area contributed by atoms with Crippen molar-refractivity contribution in [3.63, 3.8) is 0 Å². The van der Waals surface area contributed by atoms with Crippen LogP contribution in [0, 0.1) is 5.82 Å². The molecular weight excluding hydrogens is 483 g/mol. The number of fused-ring (bicyclic) bond motifs is 2. The van der Waals surface area contributed by atoms with Crippen LogP contribution in [-0.4, -0.2) is 23.0 Å². The van der Waals surface area contributed by atoms with E-state index in [4.69, 9.17) is 14.2 Å². The predicted octanol–water partition coefficient (Wildman–Crippen LogP) is 5.42. The molecule has 0 spiro atoms. The van der Waals surface area contributed by atoms with E-state index < -0.39 is 6.03 Å². The highest BCUT2D eigenvalue weighted by atomic mass is 79.9. The van der Waals surface area contributed by atoms with Crippen molar-refractivity contribution in [3.8, 4) is 17.2 Å². The Morgan fingerprint density at radius 2 is 1.97 bits per heavy atom. The molecule has 1 aliphatic heterocycles. The lowest BCUT2D eigenvalue weighted by molar-refractivity contribution is 0.174. The molecule has 0 saturated heterocycles. The second kappa shape index (κ2) is 8.39. The number of urea groups is 1. The minimum Gasteiger partial charge on any atom is -0.489 e. The number of carbonyl (C=O) groups excluding carboxylic acids is 1. The summed E-state index contributed by atoms with van der Waals surface area (Å²) in [6.07, 6.45) is 0. The number of anilines is 2. The molecule has 10 heteroatoms. The zero-order valence-electron chi connectivity index (χ0n) is 16.4. The van der Waals surface area contributed by atoms with Crippen molar-refractivity contribution in [2.75, 3.05) is 17.4 Å². The molecule has 2 amide bonds. The third kappa shape index (κ3) is 4.17. The van der Waals surface area contributed by atoms with Crippen LogP contribution in [0.5, 0.6) is 17.2 Å². The highest BCUT2D eigenvalue weighted by Crippen LogP contribution is 2.34. The van der Waals surface area contributed by atoms with Crippen LogP contribution in [-0.2, 0) is 6.61 Å². The number of aromatic nitrogens is 2. The van der Waals surface area contributed by atoms with Crippen LogP contribution >= 0.6 is 15.9 Å². The number of aromatic amines is 1. The van der Waals surface area contributed by atoms with Gasteiger partial charge in [0, 0.05) is 27.2 Å². The molecule has 0 bridgehead atoms. The average molecular weight is 499 g/mol. The summed E-state index contributed by atoms with van der Waals surface area (Å²) in [6, 6.07) is 14.7. The highest BCUT2D eigenvalue weighted by molar-refractivity contribution is 9.10. The summed E-state index contributed by atoms with van der Waals surface area (Å²) >= 11 is 3.23. The van der Waals surface area contributed by atoms with E-state index in [-0.39, 0.29) is 19.2 Å². The molecule has 5 rings (SSSR count). The fourth-order valence-electron chi connectivity index (χ4n) is 3.22. The molecule has 0 fully saturated rings. The van der Waals surface area contributed by atoms with Gasteiger partial charge in [-0.1, -0.05) is 22.0 Å². The number of hydrogen-bond acceptors (Lipinski definition) is 5. The first-order valence-corrected chi connectivity index (χ1v) is 10.4. The Hall–Kier alpha value is -3.79. The van der Waals surface area contributed by atoms with Crippen molar-refractivity contribution in [2.24, 2.45) is 0 Å². The van der Waals surface area contributed by atoms with E-state index in [9.17, 15) is 9.18 Å². The van der Waals surface area contributed by atoms with E-state index in [2.05, 4.69) is 36.8 Å². The number of halogens is 2. The molecule has 0 aliphatic carbocycles. The van der Waals surface area contributed by atoms with Gasteiger partial charge >= 0.3 is 6.03 Å². The van der Waals surface area contributed by atoms with Gasteiger partial charge in [-0.25, -0.2) is 9.18 Å². The van der Waals surface area contributed by atoms with Crippen molar-refractivity contribution in [1.29, 1.82) is 0 Å². The summed E-state index contributed by atoms with van der Waals surface area (Å²) in [5.74, 6) is 1.69. The molecule has 0 atom stereocenters. The van der Waals surface area contributed by atoms with E-state index >= 15 is 0 Å². The molecule has 3 N–H and O–H groups in total. The van der Waals surface area contributed by atoms with Crippen molar-refractivity contribution in [2.45, 2.75) is 6.61 Å². The summed E-state index contributed by atoms with van der Waals surface area (Å²) in [4.78, 5) is 12.5. The molecule has 8 nitrogen and oxygen atoms in total. The van der Waals surface area contributed by atoms with E-state index in [1.54, 1.807) is 48.5 Å². The molecule has 0 unspecified atom stereocenters. The zero-order valence-corrected chi connectivity index (χ0v) is 18.0. The number of hydrogen-bond donors (Lipinski definition) is 3. The van der Waals surface area contributed by atoms with Gasteiger partial charge in [-0.2, -0.15) is 5.10 Å². The van der Waals surface area contributed by atoms with Crippen LogP contribution in [0.25, 0.3) is 10.9 Å². The molecule has 32 heavy (non-hydrogen) atoms. The van der Waals surface area contributed by atoms with E-state index in [0.717, 1.165) is 0 Å². The van der Waals surface area contributed by atoms with Crippen LogP contribution < -0.4 is 24.8 Å². The van der Waals surface area contributed by atoms with Gasteiger partial charge in [0.1, 0.15) is 18.2 Å². The zero-order chi connectivity index (χ0) is 22.1. The molecule has 3 aromatic carbocycles. The Morgan fingerprint density at radius 1 is 1.09 bits per heavy atom. The number of nitrogens with zero attached hydrogens (tertiary/aromatic N) is 1. The Labute approximate surface area is 189 Å². The number of H-pyrrole nitrogens is 1. The SMILES string of the molecule is O=C(Nc1ccc2c(c1)OCO2)Nc1n[nH]c2ccc(OCc3ccc(Br)cc3F)cc12. The summed E-state index contributed by atoms with van der Waals surface area (Å²) in [7, 11) is 0. The van der Waals surface area contributed by atoms with Crippen molar-refractivity contribution in [1.82, 2.24) is 10.2 Å². The summed E-state index contributed by atoms with van der Waals surface area (Å²) in [6.45, 7) is 0.221. The smallest absolute Gasteiger partial charge is 0.324 e. The van der Waals surface area contributed by atoms with Gasteiger partial charge in [0.15, 0.2) is 17.3 Å². The van der Waals surface area contributed by atoms with Crippen LogP contribution in [0.4, 0.5) is 20.7 Å². The monoisotopic (exact) mass is 498 g/mol. The summed E-state index contributed by atoms with van der Waals surface area (Å²) in [5, 5.41) is 13.1. The summed E-state index contributed by atoms with van der Waals surface area (Å²) in [5.41, 5.74) is 1.69. The fourth-order valence-corrected chi connectivity index (χ4v) is 3.56. The molecule has 1 aliphatic rings. The minimum atomic E-state index is -0.472. The van der Waals surface area contributed by atoms with Crippen LogP contribution in [0.1, 0.15) is 5.56 Å². The maximum atomic E-state index is 14.0. The number of carbonyl (C=O) groups is 1. The lowest BCUT2D eigenvalue weighted by Gasteiger charge is -2.09. The molecule has 4 aromatic rings. The van der Waals surface area contributed by atoms with E-state index in [1.807, 2.05) is 0 Å². The third-order valence-corrected chi connectivity index (χ3v) is 5.30. The van der Waals surface area contributed by atoms with E-state index in [0.29, 0.717) is 49.7 Å². The first-order chi connectivity index (χ1) is 15.5. The number of amides is 2. The largest absolute Gasteiger partial charge is 0.489 e. The van der Waals surface area contributed by atoms with Gasteiger partial charge in [-0.3, -0.25) is 10.4 Å². The molecule has 0 saturated carbocycles. The normalized spacial score (nSPS) is 12.1. The number of rotatable bonds is 5. The van der Waals surface area contributed by atoms with Crippen LogP contribution in [0.15, 0.2) is 59.1 Å². The van der Waals surface area contributed by atoms with Crippen LogP contribution in [0.3, 0.4) is 0 Å². The second-order valence-corrected chi connectivity index (χ2v) is 7.87. The average Bonchev–Trinajstić information content (AvgIpc) is 3.39. The quantitative estimate of drug-likeness (QED) is 0.341. The third-order valence-electron chi connectivity index (χ3n) is 4.81. The molecule has 2 heterocycles. The minimum absolute atomic E-state index is 0.0653. The molecule has 162 valence electrons. The van der Waals surface area contributed by atoms with Crippen molar-refractivity contribution >= 4 is 44.4 Å². The van der Waals surface area contributed by atoms with Gasteiger partial charge in [-0.15, -0.1) is 0 Å². The maximum absolute atomic E-state index is 14.0. The van der Waals surface area contributed by atoms with Crippen molar-refractivity contribution in [3.05, 3.63) is 70.5 Å². The highest BCUT2D eigenvalue weighted by Gasteiger charge is 2.15. The number of ether oxygens (including phenoxy) is 3. The Bertz CT molecular complexity index is 1330. The maximum Gasteiger partial charge on any atom is 0.324 e. The number of nitrogens with one attached hydrogen (secondary N) is 3. The summed E-state index contributed by atoms with van der Waals surface area (Å²) < 4.78 is 31.0. The first-order valence-electron chi connectivity index (χ1n) is 9.58. The Morgan fingerprint density at radius 3 is 2.84 bits per heavy atom.